The lowest BCUT2D eigenvalue weighted by atomic mass is 10.1. The lowest BCUT2D eigenvalue weighted by Gasteiger charge is -2.43. The fourth-order valence-electron chi connectivity index (χ4n) is 2.08. The van der Waals surface area contributed by atoms with Gasteiger partial charge in [0.05, 0.1) is 0 Å². The zero-order valence-corrected chi connectivity index (χ0v) is 9.33. The summed E-state index contributed by atoms with van der Waals surface area (Å²) in [7, 11) is 0. The molecule has 2 amide bonds. The average Bonchev–Trinajstić information content (AvgIpc) is 2.16. The van der Waals surface area contributed by atoms with E-state index in [1.54, 1.807) is 0 Å². The zero-order valence-electron chi connectivity index (χ0n) is 9.33. The number of carbonyl (C=O) groups is 1. The second kappa shape index (κ2) is 4.81. The van der Waals surface area contributed by atoms with Gasteiger partial charge < -0.3 is 15.5 Å². The highest BCUT2D eigenvalue weighted by Crippen LogP contribution is 2.09. The Morgan fingerprint density at radius 1 is 1.33 bits per heavy atom. The van der Waals surface area contributed by atoms with Crippen LogP contribution in [-0.4, -0.2) is 67.7 Å². The van der Waals surface area contributed by atoms with E-state index in [-0.39, 0.29) is 6.03 Å². The van der Waals surface area contributed by atoms with E-state index in [1.807, 2.05) is 11.8 Å². The third-order valence-electron chi connectivity index (χ3n) is 3.21. The molecule has 0 aromatic rings. The Labute approximate surface area is 90.8 Å². The highest BCUT2D eigenvalue weighted by Gasteiger charge is 2.28. The average molecular weight is 212 g/mol. The first-order valence-electron chi connectivity index (χ1n) is 5.79. The summed E-state index contributed by atoms with van der Waals surface area (Å²) < 4.78 is 0. The largest absolute Gasteiger partial charge is 0.338 e. The molecule has 5 nitrogen and oxygen atoms in total. The molecule has 0 saturated carbocycles. The van der Waals surface area contributed by atoms with Crippen LogP contribution in [0.2, 0.25) is 0 Å². The van der Waals surface area contributed by atoms with Crippen molar-refractivity contribution in [3.8, 4) is 0 Å². The maximum atomic E-state index is 11.5. The van der Waals surface area contributed by atoms with Crippen LogP contribution < -0.4 is 10.6 Å². The van der Waals surface area contributed by atoms with Gasteiger partial charge in [-0.15, -0.1) is 0 Å². The maximum Gasteiger partial charge on any atom is 0.317 e. The Hall–Kier alpha value is -0.810. The molecule has 2 aliphatic rings. The molecule has 2 N–H and O–H groups in total. The summed E-state index contributed by atoms with van der Waals surface area (Å²) in [4.78, 5) is 15.9. The van der Waals surface area contributed by atoms with E-state index in [4.69, 9.17) is 0 Å². The van der Waals surface area contributed by atoms with Crippen molar-refractivity contribution in [2.45, 2.75) is 13.0 Å². The van der Waals surface area contributed by atoms with E-state index in [0.717, 1.165) is 39.3 Å². The minimum Gasteiger partial charge on any atom is -0.338 e. The van der Waals surface area contributed by atoms with Crippen molar-refractivity contribution in [3.63, 3.8) is 0 Å². The number of carbonyl (C=O) groups excluding carboxylic acids is 1. The van der Waals surface area contributed by atoms with Crippen LogP contribution in [0.3, 0.4) is 0 Å². The maximum absolute atomic E-state index is 11.5. The summed E-state index contributed by atoms with van der Waals surface area (Å²) in [6.45, 7) is 8.65. The minimum absolute atomic E-state index is 0.0869. The smallest absolute Gasteiger partial charge is 0.317 e. The first-order valence-corrected chi connectivity index (χ1v) is 5.79. The van der Waals surface area contributed by atoms with Crippen LogP contribution in [0.4, 0.5) is 4.79 Å². The van der Waals surface area contributed by atoms with Gasteiger partial charge in [-0.3, -0.25) is 4.90 Å². The van der Waals surface area contributed by atoms with Crippen LogP contribution >= 0.6 is 0 Å². The molecule has 0 bridgehead atoms. The molecule has 15 heavy (non-hydrogen) atoms. The third kappa shape index (κ3) is 2.41. The number of rotatable bonds is 2. The highest BCUT2D eigenvalue weighted by atomic mass is 16.2. The van der Waals surface area contributed by atoms with Crippen molar-refractivity contribution < 1.29 is 4.79 Å². The summed E-state index contributed by atoms with van der Waals surface area (Å²) in [6.07, 6.45) is 0. The van der Waals surface area contributed by atoms with Gasteiger partial charge in [0.1, 0.15) is 0 Å². The SMILES string of the molecule is CCNC(=O)N1CCN(C2CNC2)CC1. The highest BCUT2D eigenvalue weighted by molar-refractivity contribution is 5.74. The Morgan fingerprint density at radius 2 is 2.00 bits per heavy atom. The predicted molar refractivity (Wildman–Crippen MR) is 58.9 cm³/mol. The molecule has 0 unspecified atom stereocenters. The minimum atomic E-state index is 0.0869. The monoisotopic (exact) mass is 212 g/mol. The van der Waals surface area contributed by atoms with E-state index < -0.39 is 0 Å². The van der Waals surface area contributed by atoms with Crippen LogP contribution in [0.5, 0.6) is 0 Å². The molecule has 2 heterocycles. The number of hydrogen-bond acceptors (Lipinski definition) is 3. The van der Waals surface area contributed by atoms with E-state index in [2.05, 4.69) is 15.5 Å². The molecular formula is C10H20N4O. The topological polar surface area (TPSA) is 47.6 Å². The molecule has 2 aliphatic heterocycles. The number of amides is 2. The van der Waals surface area contributed by atoms with Crippen LogP contribution in [0.1, 0.15) is 6.92 Å². The Kier molecular flexibility index (Phi) is 3.43. The van der Waals surface area contributed by atoms with Gasteiger partial charge in [0.15, 0.2) is 0 Å². The van der Waals surface area contributed by atoms with Gasteiger partial charge in [0.25, 0.3) is 0 Å². The molecular weight excluding hydrogens is 192 g/mol. The van der Waals surface area contributed by atoms with E-state index in [1.165, 1.54) is 0 Å². The van der Waals surface area contributed by atoms with Crippen molar-refractivity contribution in [2.24, 2.45) is 0 Å². The summed E-state index contributed by atoms with van der Waals surface area (Å²) in [5.74, 6) is 0. The second-order valence-corrected chi connectivity index (χ2v) is 4.17. The molecule has 2 rings (SSSR count). The number of urea groups is 1. The first-order chi connectivity index (χ1) is 7.31. The zero-order chi connectivity index (χ0) is 10.7. The molecule has 2 fully saturated rings. The van der Waals surface area contributed by atoms with Crippen LogP contribution in [0.15, 0.2) is 0 Å². The van der Waals surface area contributed by atoms with Crippen molar-refractivity contribution in [1.82, 2.24) is 20.4 Å². The molecule has 5 heteroatoms. The molecule has 86 valence electrons. The van der Waals surface area contributed by atoms with Gasteiger partial charge in [-0.05, 0) is 6.92 Å². The second-order valence-electron chi connectivity index (χ2n) is 4.17. The van der Waals surface area contributed by atoms with E-state index >= 15 is 0 Å². The Bertz CT molecular complexity index is 221. The molecule has 2 saturated heterocycles. The predicted octanol–water partition coefficient (Wildman–Crippen LogP) is -0.695. The van der Waals surface area contributed by atoms with Gasteiger partial charge in [-0.25, -0.2) is 4.79 Å². The standard InChI is InChI=1S/C10H20N4O/c1-2-12-10(15)14-5-3-13(4-6-14)9-7-11-8-9/h9,11H,2-8H2,1H3,(H,12,15). The van der Waals surface area contributed by atoms with Crippen LogP contribution in [0.25, 0.3) is 0 Å². The normalized spacial score (nSPS) is 23.7. The van der Waals surface area contributed by atoms with Crippen LogP contribution in [0, 0.1) is 0 Å². The Morgan fingerprint density at radius 3 is 2.47 bits per heavy atom. The van der Waals surface area contributed by atoms with Crippen molar-refractivity contribution in [3.05, 3.63) is 0 Å². The van der Waals surface area contributed by atoms with Gasteiger partial charge in [-0.2, -0.15) is 0 Å². The van der Waals surface area contributed by atoms with Crippen LogP contribution in [-0.2, 0) is 0 Å². The molecule has 0 atom stereocenters. The molecule has 0 radical (unpaired) electrons. The van der Waals surface area contributed by atoms with E-state index in [9.17, 15) is 4.79 Å². The van der Waals surface area contributed by atoms with E-state index in [0.29, 0.717) is 12.6 Å². The molecule has 0 aliphatic carbocycles. The third-order valence-corrected chi connectivity index (χ3v) is 3.21. The van der Waals surface area contributed by atoms with Crippen molar-refractivity contribution in [1.29, 1.82) is 0 Å². The summed E-state index contributed by atoms with van der Waals surface area (Å²) in [6, 6.07) is 0.797. The Balaban J connectivity index is 1.73. The van der Waals surface area contributed by atoms with Gasteiger partial charge in [0.2, 0.25) is 0 Å². The quantitative estimate of drug-likeness (QED) is 0.637. The fraction of sp³-hybridized carbons (Fsp3) is 0.900. The molecule has 0 aromatic heterocycles. The lowest BCUT2D eigenvalue weighted by Crippen LogP contribution is -2.62. The summed E-state index contributed by atoms with van der Waals surface area (Å²) in [5, 5.41) is 6.12. The number of piperazine rings is 1. The summed E-state index contributed by atoms with van der Waals surface area (Å²) in [5.41, 5.74) is 0. The number of nitrogens with one attached hydrogen (secondary N) is 2. The molecule has 0 aromatic carbocycles. The van der Waals surface area contributed by atoms with Gasteiger partial charge in [-0.1, -0.05) is 0 Å². The van der Waals surface area contributed by atoms with Gasteiger partial charge >= 0.3 is 6.03 Å². The van der Waals surface area contributed by atoms with Crippen molar-refractivity contribution in [2.75, 3.05) is 45.8 Å². The first kappa shape index (κ1) is 10.7. The van der Waals surface area contributed by atoms with Gasteiger partial charge in [0, 0.05) is 51.9 Å². The lowest BCUT2D eigenvalue weighted by molar-refractivity contribution is 0.0846. The molecule has 0 spiro atoms. The number of hydrogen-bond donors (Lipinski definition) is 2. The summed E-state index contributed by atoms with van der Waals surface area (Å²) >= 11 is 0. The van der Waals surface area contributed by atoms with Crippen molar-refractivity contribution >= 4 is 6.03 Å². The number of nitrogens with zero attached hydrogens (tertiary/aromatic N) is 2. The fourth-order valence-corrected chi connectivity index (χ4v) is 2.08.